The Bertz CT molecular complexity index is 6980. The number of carbonyl (C=O) groups is 9. The smallest absolute Gasteiger partial charge is 0.267 e. The number of hydrogen-bond donors (Lipinski definition) is 5. The zero-order chi connectivity index (χ0) is 96.1. The number of aromatic nitrogens is 9. The van der Waals surface area contributed by atoms with Gasteiger partial charge in [-0.2, -0.15) is 10.2 Å². The van der Waals surface area contributed by atoms with Gasteiger partial charge in [-0.25, -0.2) is 60.0 Å². The Hall–Kier alpha value is -15.9. The lowest BCUT2D eigenvalue weighted by Crippen LogP contribution is -2.40. The van der Waals surface area contributed by atoms with Gasteiger partial charge in [0.25, 0.3) is 29.5 Å². The molecule has 8 aromatic carbocycles. The van der Waals surface area contributed by atoms with Crippen LogP contribution in [0.3, 0.4) is 0 Å². The minimum atomic E-state index is -0.843. The number of nitrogens with zero attached hydrogens (tertiary/aromatic N) is 13. The molecule has 11 heterocycles. The van der Waals surface area contributed by atoms with Gasteiger partial charge in [-0.3, -0.25) is 72.1 Å². The maximum Gasteiger partial charge on any atom is 0.267 e. The van der Waals surface area contributed by atoms with E-state index in [1.807, 2.05) is 26.0 Å². The van der Waals surface area contributed by atoms with E-state index in [-0.39, 0.29) is 148 Å². The van der Waals surface area contributed by atoms with E-state index in [0.717, 1.165) is 47.1 Å². The third kappa shape index (κ3) is 21.1. The first-order chi connectivity index (χ1) is 64.6. The highest BCUT2D eigenvalue weighted by Crippen LogP contribution is 2.39. The molecule has 15 aromatic rings. The minimum absolute atomic E-state index is 0.0300. The van der Waals surface area contributed by atoms with Crippen molar-refractivity contribution in [1.29, 1.82) is 0 Å². The van der Waals surface area contributed by atoms with Gasteiger partial charge in [0, 0.05) is 152 Å². The highest BCUT2D eigenvalue weighted by Gasteiger charge is 2.33. The SMILES string of the molecule is C[C@@H]1CN(Cc2ccc3c(-c4cnn(C)c4)cc(C(N)=O)nc3c2F)CCO1.C[C@H]1CN(Cc2ccc3c(-c4cnn(C)c4)cc(C(N)=O)nc3c2F)CCO1.NC(=O)c1cc(-c2ccc(F)cc2)c2cc(F)c(CN3C(=O)CCC3=O)cc2n1.NC(=O)c1cc(-c2ccc(F)cc2)c2ccc(CN3C(=O)CCC3=O)c(F)c2n1.NC(=O)c1cc(-c2ccc(F)cc2)c2cccc(F)c2n1. The van der Waals surface area contributed by atoms with Crippen LogP contribution in [0.4, 0.5) is 35.1 Å². The number of hydrogen-bond acceptors (Lipinski definition) is 20. The Balaban J connectivity index is 0.000000129. The molecule has 7 aromatic heterocycles. The van der Waals surface area contributed by atoms with Crippen molar-refractivity contribution < 1.29 is 87.7 Å². The summed E-state index contributed by atoms with van der Waals surface area (Å²) in [5, 5.41) is 10.9. The largest absolute Gasteiger partial charge is 0.376 e. The van der Waals surface area contributed by atoms with Gasteiger partial charge in [-0.15, -0.1) is 0 Å². The molecule has 4 fully saturated rings. The number of halogens is 8. The van der Waals surface area contributed by atoms with Gasteiger partial charge >= 0.3 is 0 Å². The second-order valence-electron chi connectivity index (χ2n) is 32.4. The number of pyridine rings is 5. The van der Waals surface area contributed by atoms with Crippen LogP contribution in [0.25, 0.3) is 110 Å². The van der Waals surface area contributed by atoms with E-state index in [0.29, 0.717) is 109 Å². The van der Waals surface area contributed by atoms with Crippen molar-refractivity contribution in [2.24, 2.45) is 42.8 Å². The topological polar surface area (TPSA) is 415 Å². The Kier molecular flexibility index (Phi) is 27.8. The maximum atomic E-state index is 15.4. The average molecular weight is 1840 g/mol. The monoisotopic (exact) mass is 1840 g/mol. The molecule has 4 saturated heterocycles. The summed E-state index contributed by atoms with van der Waals surface area (Å²) in [6.07, 6.45) is 7.60. The molecule has 0 bridgehead atoms. The second kappa shape index (κ2) is 40.1. The number of aryl methyl sites for hydroxylation is 2. The average Bonchev–Trinajstić information content (AvgIpc) is 1.57. The summed E-state index contributed by atoms with van der Waals surface area (Å²) >= 11 is 0. The number of imide groups is 2. The molecule has 0 radical (unpaired) electrons. The number of amides is 9. The van der Waals surface area contributed by atoms with E-state index < -0.39 is 70.3 Å². The predicted octanol–water partition coefficient (Wildman–Crippen LogP) is 13.3. The van der Waals surface area contributed by atoms with Crippen molar-refractivity contribution in [3.8, 4) is 55.6 Å². The van der Waals surface area contributed by atoms with E-state index in [9.17, 15) is 65.1 Å². The standard InChI is InChI=1S/2C21H15F2N3O3.2C20H22FN5O2.C16H10F2N2O/c22-13-4-1-11(2-5-13)15-9-16(21(24)29)25-20-14(15)6-3-12(19(20)23)10-26-17(27)7-8-18(26)28;22-13-3-1-11(2-4-13)14-9-18(21(24)29)25-17-7-12(16(23)8-15(14)17)10-26-19(27)5-6-20(26)28;2*1-12-9-26(5-6-28-12)11-13-3-4-15-16(14-8-23-25(2)10-14)7-17(20(22)27)24-19(15)18(13)21;17-10-6-4-9(5-7-10)12-8-14(16(19)21)20-15-11(12)2-1-3-13(15)18/h1-6,9H,7-8,10H2,(H2,24,29);1-4,7-9H,5-6,10H2,(H2,24,29);2*3-4,7-8,10,12H,5-6,9,11H2,1-2H3,(H2,22,27);1-8H,(H2,19,21)/t;;2*12-;/m..10./s1. The van der Waals surface area contributed by atoms with E-state index in [2.05, 4.69) is 44.9 Å². The molecule has 2 atom stereocenters. The molecule has 0 unspecified atom stereocenters. The normalized spacial score (nSPS) is 15.1. The maximum absolute atomic E-state index is 15.4. The van der Waals surface area contributed by atoms with Crippen molar-refractivity contribution in [3.63, 3.8) is 0 Å². The highest BCUT2D eigenvalue weighted by atomic mass is 19.2. The Morgan fingerprint density at radius 1 is 0.356 bits per heavy atom. The van der Waals surface area contributed by atoms with Gasteiger partial charge in [0.15, 0.2) is 17.5 Å². The van der Waals surface area contributed by atoms with Gasteiger partial charge in [-0.1, -0.05) is 84.9 Å². The number of para-hydroxylation sites is 1. The summed E-state index contributed by atoms with van der Waals surface area (Å²) in [4.78, 5) is 133. The third-order valence-electron chi connectivity index (χ3n) is 22.9. The number of nitrogens with two attached hydrogens (primary N) is 5. The summed E-state index contributed by atoms with van der Waals surface area (Å²) < 4.78 is 129. The van der Waals surface area contributed by atoms with Gasteiger partial charge in [-0.05, 0) is 143 Å². The molecule has 10 N–H and O–H groups in total. The van der Waals surface area contributed by atoms with E-state index in [1.165, 1.54) is 103 Å². The van der Waals surface area contributed by atoms with Gasteiger partial charge < -0.3 is 38.1 Å². The van der Waals surface area contributed by atoms with Crippen LogP contribution in [0.2, 0.25) is 0 Å². The van der Waals surface area contributed by atoms with Gasteiger partial charge in [0.2, 0.25) is 23.6 Å². The second-order valence-corrected chi connectivity index (χ2v) is 32.4. The van der Waals surface area contributed by atoms with E-state index in [4.69, 9.17) is 38.1 Å². The molecule has 0 saturated carbocycles. The lowest BCUT2D eigenvalue weighted by molar-refractivity contribution is -0.140. The fourth-order valence-electron chi connectivity index (χ4n) is 16.2. The quantitative estimate of drug-likeness (QED) is 0.0393. The Morgan fingerprint density at radius 3 is 1.01 bits per heavy atom. The summed E-state index contributed by atoms with van der Waals surface area (Å²) in [7, 11) is 3.59. The molecule has 0 aliphatic carbocycles. The molecule has 19 rings (SSSR count). The van der Waals surface area contributed by atoms with Crippen molar-refractivity contribution in [3.05, 3.63) is 292 Å². The van der Waals surface area contributed by atoms with Crippen LogP contribution in [0, 0.1) is 46.5 Å². The van der Waals surface area contributed by atoms with Crippen LogP contribution in [-0.2, 0) is 68.9 Å². The van der Waals surface area contributed by atoms with Gasteiger partial charge in [0.1, 0.15) is 79.6 Å². The number of primary amides is 5. The first-order valence-corrected chi connectivity index (χ1v) is 42.3. The van der Waals surface area contributed by atoms with Crippen LogP contribution in [0.15, 0.2) is 195 Å². The minimum Gasteiger partial charge on any atom is -0.376 e. The van der Waals surface area contributed by atoms with Crippen molar-refractivity contribution >= 4 is 108 Å². The number of fused-ring (bicyclic) bond motifs is 5. The van der Waals surface area contributed by atoms with Crippen LogP contribution >= 0.6 is 0 Å². The van der Waals surface area contributed by atoms with Gasteiger partial charge in [0.05, 0.1) is 56.4 Å². The Morgan fingerprint density at radius 2 is 0.674 bits per heavy atom. The van der Waals surface area contributed by atoms with Crippen molar-refractivity contribution in [1.82, 2.24) is 64.1 Å². The number of rotatable bonds is 18. The predicted molar refractivity (Wildman–Crippen MR) is 483 cm³/mol. The van der Waals surface area contributed by atoms with E-state index >= 15 is 13.2 Å². The molecule has 9 amide bonds. The number of benzene rings is 8. The van der Waals surface area contributed by atoms with Crippen molar-refractivity contribution in [2.45, 2.75) is 77.9 Å². The van der Waals surface area contributed by atoms with Crippen LogP contribution in [0.5, 0.6) is 0 Å². The van der Waals surface area contributed by atoms with Crippen molar-refractivity contribution in [2.75, 3.05) is 39.4 Å². The first-order valence-electron chi connectivity index (χ1n) is 42.3. The molecule has 29 nitrogen and oxygen atoms in total. The number of likely N-dealkylation sites (tertiary alicyclic amines) is 2. The Labute approximate surface area is 763 Å². The van der Waals surface area contributed by atoms with Crippen LogP contribution in [0.1, 0.15) is 114 Å². The summed E-state index contributed by atoms with van der Waals surface area (Å²) in [6.45, 7) is 8.74. The zero-order valence-corrected chi connectivity index (χ0v) is 72.7. The fourth-order valence-corrected chi connectivity index (χ4v) is 16.2. The summed E-state index contributed by atoms with van der Waals surface area (Å²) in [6, 6.07) is 41.6. The summed E-state index contributed by atoms with van der Waals surface area (Å²) in [5.74, 6) is -9.21. The molecule has 37 heteroatoms. The molecule has 0 spiro atoms. The van der Waals surface area contributed by atoms with E-state index in [1.54, 1.807) is 103 Å². The number of carbonyl (C=O) groups excluding carboxylic acids is 9. The molecule has 135 heavy (non-hydrogen) atoms. The fraction of sp³-hybridized carbons (Fsp3) is 0.204. The molecular weight excluding hydrogens is 1760 g/mol. The lowest BCUT2D eigenvalue weighted by atomic mass is 9.98. The molecule has 688 valence electrons. The third-order valence-corrected chi connectivity index (χ3v) is 22.9. The number of morpholine rings is 2. The molecule has 4 aliphatic rings. The number of ether oxygens (including phenoxy) is 2. The lowest BCUT2D eigenvalue weighted by Gasteiger charge is -2.31. The molecule has 4 aliphatic heterocycles. The highest BCUT2D eigenvalue weighted by molar-refractivity contribution is 6.07. The first kappa shape index (κ1) is 93.8. The molecular formula is C98H84F8N18O11. The van der Waals surface area contributed by atoms with Crippen LogP contribution < -0.4 is 28.7 Å². The van der Waals surface area contributed by atoms with Crippen LogP contribution in [-0.4, -0.2) is 169 Å². The zero-order valence-electron chi connectivity index (χ0n) is 72.7. The summed E-state index contributed by atoms with van der Waals surface area (Å²) in [5.41, 5.74) is 34.6.